The van der Waals surface area contributed by atoms with Crippen LogP contribution in [0.2, 0.25) is 0 Å². The molecule has 1 aliphatic rings. The van der Waals surface area contributed by atoms with Crippen molar-refractivity contribution < 1.29 is 19.1 Å². The first-order chi connectivity index (χ1) is 13.0. The number of likely N-dealkylation sites (N-methyl/N-ethyl adjacent to an activating group) is 1. The Morgan fingerprint density at radius 1 is 1.18 bits per heavy atom. The highest BCUT2D eigenvalue weighted by molar-refractivity contribution is 5.93. The molecule has 0 radical (unpaired) electrons. The Balaban J connectivity index is 1.84. The number of nitrogens with two attached hydrogens (primary N) is 1. The number of hydrogen-bond acceptors (Lipinski definition) is 4. The number of piperidine rings is 1. The number of nitrogens with one attached hydrogen (secondary N) is 1. The van der Waals surface area contributed by atoms with Crippen molar-refractivity contribution in [3.05, 3.63) is 29.8 Å². The van der Waals surface area contributed by atoms with Gasteiger partial charge in [-0.25, -0.2) is 9.59 Å². The van der Waals surface area contributed by atoms with Crippen molar-refractivity contribution in [1.29, 1.82) is 0 Å². The van der Waals surface area contributed by atoms with Gasteiger partial charge >= 0.3 is 12.1 Å². The molecule has 3 N–H and O–H groups in total. The Hall–Kier alpha value is -2.77. The van der Waals surface area contributed by atoms with Crippen LogP contribution in [0.1, 0.15) is 45.1 Å². The lowest BCUT2D eigenvalue weighted by Crippen LogP contribution is -2.41. The summed E-state index contributed by atoms with van der Waals surface area (Å²) in [5.41, 5.74) is 6.55. The molecule has 0 aliphatic carbocycles. The summed E-state index contributed by atoms with van der Waals surface area (Å²) in [6.07, 6.45) is 1.20. The van der Waals surface area contributed by atoms with Crippen molar-refractivity contribution in [3.8, 4) is 0 Å². The minimum Gasteiger partial charge on any atom is -0.444 e. The van der Waals surface area contributed by atoms with Crippen LogP contribution in [0.4, 0.5) is 15.3 Å². The predicted molar refractivity (Wildman–Crippen MR) is 107 cm³/mol. The maximum absolute atomic E-state index is 12.2. The number of carbonyl (C=O) groups excluding carboxylic acids is 3. The minimum atomic E-state index is -0.606. The van der Waals surface area contributed by atoms with Crippen LogP contribution < -0.4 is 11.1 Å². The Morgan fingerprint density at radius 2 is 1.75 bits per heavy atom. The molecule has 1 aromatic rings. The van der Waals surface area contributed by atoms with Gasteiger partial charge in [0, 0.05) is 25.8 Å². The molecule has 0 unspecified atom stereocenters. The van der Waals surface area contributed by atoms with E-state index < -0.39 is 11.7 Å². The minimum absolute atomic E-state index is 0.0950. The number of hydrogen-bond donors (Lipinski definition) is 2. The molecule has 8 heteroatoms. The van der Waals surface area contributed by atoms with Crippen LogP contribution in [0.5, 0.6) is 0 Å². The van der Waals surface area contributed by atoms with E-state index in [1.807, 2.05) is 24.3 Å². The molecule has 28 heavy (non-hydrogen) atoms. The summed E-state index contributed by atoms with van der Waals surface area (Å²) in [7, 11) is 1.52. The second-order valence-electron chi connectivity index (χ2n) is 8.11. The lowest BCUT2D eigenvalue weighted by Gasteiger charge is -2.31. The van der Waals surface area contributed by atoms with Gasteiger partial charge in [-0.2, -0.15) is 0 Å². The second-order valence-corrected chi connectivity index (χ2v) is 8.11. The normalized spacial score (nSPS) is 15.1. The molecule has 1 fully saturated rings. The third-order valence-electron chi connectivity index (χ3n) is 4.56. The molecule has 1 aliphatic heterocycles. The summed E-state index contributed by atoms with van der Waals surface area (Å²) < 4.78 is 5.23. The lowest BCUT2D eigenvalue weighted by atomic mass is 9.89. The molecule has 1 saturated heterocycles. The Labute approximate surface area is 166 Å². The molecule has 1 heterocycles. The summed E-state index contributed by atoms with van der Waals surface area (Å²) in [4.78, 5) is 38.2. The number of carbonyl (C=O) groups is 3. The molecule has 1 aromatic carbocycles. The van der Waals surface area contributed by atoms with Gasteiger partial charge in [-0.3, -0.25) is 4.79 Å². The third-order valence-corrected chi connectivity index (χ3v) is 4.56. The summed E-state index contributed by atoms with van der Waals surface area (Å²) >= 11 is 0. The Morgan fingerprint density at radius 3 is 2.25 bits per heavy atom. The Bertz CT molecular complexity index is 704. The topological polar surface area (TPSA) is 105 Å². The molecular formula is C20H30N4O4. The number of likely N-dealkylation sites (tertiary alicyclic amines) is 1. The maximum Gasteiger partial charge on any atom is 0.410 e. The van der Waals surface area contributed by atoms with Gasteiger partial charge in [0.1, 0.15) is 12.1 Å². The zero-order valence-electron chi connectivity index (χ0n) is 17.0. The lowest BCUT2D eigenvalue weighted by molar-refractivity contribution is -0.117. The van der Waals surface area contributed by atoms with Crippen molar-refractivity contribution in [2.24, 2.45) is 5.73 Å². The highest BCUT2D eigenvalue weighted by Crippen LogP contribution is 2.28. The molecular weight excluding hydrogens is 360 g/mol. The van der Waals surface area contributed by atoms with E-state index in [-0.39, 0.29) is 18.5 Å². The second kappa shape index (κ2) is 8.95. The zero-order valence-corrected chi connectivity index (χ0v) is 17.0. The molecule has 8 nitrogen and oxygen atoms in total. The average molecular weight is 390 g/mol. The number of anilines is 1. The van der Waals surface area contributed by atoms with Crippen molar-refractivity contribution >= 4 is 23.7 Å². The predicted octanol–water partition coefficient (Wildman–Crippen LogP) is 2.75. The number of rotatable bonds is 4. The van der Waals surface area contributed by atoms with Crippen molar-refractivity contribution in [2.45, 2.75) is 45.1 Å². The molecule has 0 bridgehead atoms. The standard InChI is InChI=1S/C20H30N4O4/c1-20(2,3)28-19(27)23(4)13-17(25)22-16-7-5-14(6-8-16)15-9-11-24(12-10-15)18(21)26/h5-8,15H,9-13H2,1-4H3,(H2,21,26)(H,22,25). The van der Waals surface area contributed by atoms with Gasteiger partial charge in [0.15, 0.2) is 0 Å². The van der Waals surface area contributed by atoms with Gasteiger partial charge in [0.05, 0.1) is 0 Å². The van der Waals surface area contributed by atoms with E-state index >= 15 is 0 Å². The van der Waals surface area contributed by atoms with Crippen LogP contribution in [-0.2, 0) is 9.53 Å². The van der Waals surface area contributed by atoms with Crippen LogP contribution in [0, 0.1) is 0 Å². The van der Waals surface area contributed by atoms with Crippen LogP contribution >= 0.6 is 0 Å². The monoisotopic (exact) mass is 390 g/mol. The fraction of sp³-hybridized carbons (Fsp3) is 0.550. The molecule has 4 amide bonds. The largest absolute Gasteiger partial charge is 0.444 e. The Kier molecular flexibility index (Phi) is 6.88. The van der Waals surface area contributed by atoms with Gasteiger partial charge in [0.25, 0.3) is 0 Å². The van der Waals surface area contributed by atoms with E-state index in [1.165, 1.54) is 17.5 Å². The first kappa shape index (κ1) is 21.5. The van der Waals surface area contributed by atoms with E-state index in [0.29, 0.717) is 24.7 Å². The van der Waals surface area contributed by atoms with E-state index in [0.717, 1.165) is 12.8 Å². The SMILES string of the molecule is CN(CC(=O)Nc1ccc(C2CCN(C(N)=O)CC2)cc1)C(=O)OC(C)(C)C. The number of amides is 4. The van der Waals surface area contributed by atoms with Gasteiger partial charge in [-0.1, -0.05) is 12.1 Å². The number of benzene rings is 1. The molecule has 2 rings (SSSR count). The number of primary amides is 1. The van der Waals surface area contributed by atoms with Gasteiger partial charge < -0.3 is 25.6 Å². The molecule has 0 saturated carbocycles. The highest BCUT2D eigenvalue weighted by atomic mass is 16.6. The van der Waals surface area contributed by atoms with E-state index in [9.17, 15) is 14.4 Å². The van der Waals surface area contributed by atoms with Gasteiger partial charge in [0.2, 0.25) is 5.91 Å². The average Bonchev–Trinajstić information content (AvgIpc) is 2.61. The molecule has 154 valence electrons. The first-order valence-corrected chi connectivity index (χ1v) is 9.43. The number of urea groups is 1. The highest BCUT2D eigenvalue weighted by Gasteiger charge is 2.23. The summed E-state index contributed by atoms with van der Waals surface area (Å²) in [6.45, 7) is 6.56. The summed E-state index contributed by atoms with van der Waals surface area (Å²) in [5.74, 6) is 0.0783. The smallest absolute Gasteiger partial charge is 0.410 e. The quantitative estimate of drug-likeness (QED) is 0.824. The summed E-state index contributed by atoms with van der Waals surface area (Å²) in [6, 6.07) is 7.30. The number of ether oxygens (including phenoxy) is 1. The van der Waals surface area contributed by atoms with Crippen LogP contribution in [0.15, 0.2) is 24.3 Å². The summed E-state index contributed by atoms with van der Waals surface area (Å²) in [5, 5.41) is 2.78. The zero-order chi connectivity index (χ0) is 20.9. The molecule has 0 spiro atoms. The fourth-order valence-electron chi connectivity index (χ4n) is 3.09. The third kappa shape index (κ3) is 6.44. The van der Waals surface area contributed by atoms with Gasteiger partial charge in [-0.05, 0) is 57.2 Å². The van der Waals surface area contributed by atoms with Gasteiger partial charge in [-0.15, -0.1) is 0 Å². The maximum atomic E-state index is 12.2. The number of nitrogens with zero attached hydrogens (tertiary/aromatic N) is 2. The van der Waals surface area contributed by atoms with Crippen molar-refractivity contribution in [2.75, 3.05) is 32.0 Å². The molecule has 0 atom stereocenters. The van der Waals surface area contributed by atoms with Crippen LogP contribution in [0.25, 0.3) is 0 Å². The van der Waals surface area contributed by atoms with Crippen molar-refractivity contribution in [3.63, 3.8) is 0 Å². The first-order valence-electron chi connectivity index (χ1n) is 9.43. The fourth-order valence-corrected chi connectivity index (χ4v) is 3.09. The van der Waals surface area contributed by atoms with Crippen LogP contribution in [-0.4, -0.2) is 60.1 Å². The van der Waals surface area contributed by atoms with Crippen LogP contribution in [0.3, 0.4) is 0 Å². The molecule has 0 aromatic heterocycles. The van der Waals surface area contributed by atoms with E-state index in [4.69, 9.17) is 10.5 Å². The van der Waals surface area contributed by atoms with E-state index in [1.54, 1.807) is 25.7 Å². The van der Waals surface area contributed by atoms with Crippen molar-refractivity contribution in [1.82, 2.24) is 9.80 Å². The van der Waals surface area contributed by atoms with E-state index in [2.05, 4.69) is 5.32 Å².